The van der Waals surface area contributed by atoms with E-state index < -0.39 is 0 Å². The molecule has 2 heterocycles. The van der Waals surface area contributed by atoms with Crippen LogP contribution in [0.3, 0.4) is 0 Å². The molecule has 1 amide bonds. The van der Waals surface area contributed by atoms with Gasteiger partial charge in [-0.3, -0.25) is 4.79 Å². The van der Waals surface area contributed by atoms with Gasteiger partial charge in [0.2, 0.25) is 5.91 Å². The summed E-state index contributed by atoms with van der Waals surface area (Å²) in [7, 11) is 0. The predicted octanol–water partition coefficient (Wildman–Crippen LogP) is 5.54. The average molecular weight is 467 g/mol. The molecule has 2 aromatic heterocycles. The molecule has 1 unspecified atom stereocenters. The fourth-order valence-electron chi connectivity index (χ4n) is 3.14. The van der Waals surface area contributed by atoms with E-state index in [0.717, 1.165) is 35.8 Å². The Morgan fingerprint density at radius 3 is 2.86 bits per heavy atom. The van der Waals surface area contributed by atoms with Crippen molar-refractivity contribution in [3.05, 3.63) is 62.0 Å². The lowest BCUT2D eigenvalue weighted by molar-refractivity contribution is -0.119. The molecule has 1 atom stereocenters. The highest BCUT2D eigenvalue weighted by molar-refractivity contribution is 7.99. The van der Waals surface area contributed by atoms with Gasteiger partial charge in [-0.05, 0) is 48.9 Å². The molecular formula is C20H20Cl2N4OS2. The van der Waals surface area contributed by atoms with Crippen LogP contribution in [0.5, 0.6) is 0 Å². The molecule has 4 rings (SSSR count). The highest BCUT2D eigenvalue weighted by Crippen LogP contribution is 2.39. The summed E-state index contributed by atoms with van der Waals surface area (Å²) in [5, 5.41) is 15.7. The zero-order chi connectivity index (χ0) is 20.4. The van der Waals surface area contributed by atoms with E-state index in [-0.39, 0.29) is 17.7 Å². The molecule has 152 valence electrons. The molecule has 5 nitrogen and oxygen atoms in total. The molecule has 9 heteroatoms. The summed E-state index contributed by atoms with van der Waals surface area (Å²) in [4.78, 5) is 13.7. The lowest BCUT2D eigenvalue weighted by atomic mass is 10.1. The summed E-state index contributed by atoms with van der Waals surface area (Å²) in [5.74, 6) is 1.18. The third kappa shape index (κ3) is 5.15. The summed E-state index contributed by atoms with van der Waals surface area (Å²) in [5.41, 5.74) is 0.841. The van der Waals surface area contributed by atoms with Gasteiger partial charge < -0.3 is 9.88 Å². The number of nitrogens with zero attached hydrogens (tertiary/aromatic N) is 3. The van der Waals surface area contributed by atoms with Crippen molar-refractivity contribution in [2.24, 2.45) is 0 Å². The van der Waals surface area contributed by atoms with Gasteiger partial charge in [0.25, 0.3) is 0 Å². The number of halogens is 2. The lowest BCUT2D eigenvalue weighted by Gasteiger charge is -2.16. The Balaban J connectivity index is 1.38. The summed E-state index contributed by atoms with van der Waals surface area (Å²) >= 11 is 15.3. The first kappa shape index (κ1) is 20.7. The van der Waals surface area contributed by atoms with Crippen LogP contribution in [0.25, 0.3) is 0 Å². The van der Waals surface area contributed by atoms with E-state index in [4.69, 9.17) is 23.2 Å². The van der Waals surface area contributed by atoms with E-state index >= 15 is 0 Å². The van der Waals surface area contributed by atoms with Crippen molar-refractivity contribution in [3.8, 4) is 0 Å². The average Bonchev–Trinajstić information content (AvgIpc) is 3.22. The number of hydrogen-bond donors (Lipinski definition) is 1. The molecular weight excluding hydrogens is 447 g/mol. The van der Waals surface area contributed by atoms with Gasteiger partial charge in [0.15, 0.2) is 5.16 Å². The van der Waals surface area contributed by atoms with Gasteiger partial charge in [-0.15, -0.1) is 21.5 Å². The Morgan fingerprint density at radius 1 is 1.34 bits per heavy atom. The minimum absolute atomic E-state index is 0.0707. The smallest absolute Gasteiger partial charge is 0.230 e. The Kier molecular flexibility index (Phi) is 6.49. The molecule has 1 saturated carbocycles. The molecule has 1 aromatic carbocycles. The fraction of sp³-hybridized carbons (Fsp3) is 0.350. The molecule has 1 aliphatic carbocycles. The summed E-state index contributed by atoms with van der Waals surface area (Å²) in [6, 6.07) is 9.70. The highest BCUT2D eigenvalue weighted by Gasteiger charge is 2.30. The van der Waals surface area contributed by atoms with E-state index in [2.05, 4.69) is 31.5 Å². The number of rotatable bonds is 8. The number of carbonyl (C=O) groups is 1. The van der Waals surface area contributed by atoms with Crippen LogP contribution in [0.4, 0.5) is 0 Å². The van der Waals surface area contributed by atoms with E-state index in [1.54, 1.807) is 23.5 Å². The fourth-order valence-corrected chi connectivity index (χ4v) is 5.25. The van der Waals surface area contributed by atoms with Crippen molar-refractivity contribution >= 4 is 52.2 Å². The van der Waals surface area contributed by atoms with E-state index in [1.165, 1.54) is 16.6 Å². The molecule has 3 aromatic rings. The van der Waals surface area contributed by atoms with Crippen LogP contribution < -0.4 is 5.32 Å². The van der Waals surface area contributed by atoms with E-state index in [0.29, 0.717) is 16.1 Å². The van der Waals surface area contributed by atoms with Crippen molar-refractivity contribution in [2.45, 2.75) is 43.4 Å². The molecule has 0 bridgehead atoms. The maximum absolute atomic E-state index is 12.5. The summed E-state index contributed by atoms with van der Waals surface area (Å²) in [6.07, 6.45) is 3.06. The molecule has 0 saturated heterocycles. The largest absolute Gasteiger partial charge is 0.349 e. The van der Waals surface area contributed by atoms with Gasteiger partial charge >= 0.3 is 0 Å². The zero-order valence-corrected chi connectivity index (χ0v) is 18.9. The molecule has 1 aliphatic rings. The first-order valence-electron chi connectivity index (χ1n) is 9.34. The molecule has 0 aliphatic heterocycles. The number of aromatic nitrogens is 3. The van der Waals surface area contributed by atoms with Crippen molar-refractivity contribution in [1.82, 2.24) is 20.1 Å². The second-order valence-electron chi connectivity index (χ2n) is 7.00. The van der Waals surface area contributed by atoms with Crippen molar-refractivity contribution in [2.75, 3.05) is 5.75 Å². The van der Waals surface area contributed by atoms with Gasteiger partial charge in [0.1, 0.15) is 5.82 Å². The maximum atomic E-state index is 12.5. The molecule has 1 fully saturated rings. The van der Waals surface area contributed by atoms with Crippen molar-refractivity contribution in [1.29, 1.82) is 0 Å². The standard InChI is InChI=1S/C20H20Cl2N4OS2/c1-12(16-7-4-13(21)9-17(16)22)23-19(27)11-29-20-25-24-18(26(20)14-5-6-14)10-15-3-2-8-28-15/h2-4,7-9,12,14H,5-6,10-11H2,1H3,(H,23,27). The number of thioether (sulfide) groups is 1. The van der Waals surface area contributed by atoms with Gasteiger partial charge in [-0.25, -0.2) is 0 Å². The maximum Gasteiger partial charge on any atom is 0.230 e. The first-order chi connectivity index (χ1) is 14.0. The second kappa shape index (κ2) is 9.08. The summed E-state index contributed by atoms with van der Waals surface area (Å²) < 4.78 is 2.21. The number of thiophene rings is 1. The van der Waals surface area contributed by atoms with Crippen LogP contribution in [-0.4, -0.2) is 26.4 Å². The Hall–Kier alpha value is -1.54. The normalized spacial score (nSPS) is 14.7. The van der Waals surface area contributed by atoms with Gasteiger partial charge in [-0.1, -0.05) is 47.1 Å². The van der Waals surface area contributed by atoms with Crippen LogP contribution in [0.1, 0.15) is 48.1 Å². The number of amides is 1. The van der Waals surface area contributed by atoms with E-state index in [1.807, 2.05) is 19.1 Å². The quantitative estimate of drug-likeness (QED) is 0.442. The highest BCUT2D eigenvalue weighted by atomic mass is 35.5. The monoisotopic (exact) mass is 466 g/mol. The van der Waals surface area contributed by atoms with Crippen LogP contribution >= 0.6 is 46.3 Å². The van der Waals surface area contributed by atoms with E-state index in [9.17, 15) is 4.79 Å². The number of carbonyl (C=O) groups excluding carboxylic acids is 1. The van der Waals surface area contributed by atoms with Gasteiger partial charge in [0, 0.05) is 27.4 Å². The molecule has 29 heavy (non-hydrogen) atoms. The molecule has 0 spiro atoms. The lowest BCUT2D eigenvalue weighted by Crippen LogP contribution is -2.28. The van der Waals surface area contributed by atoms with Crippen LogP contribution in [-0.2, 0) is 11.2 Å². The third-order valence-electron chi connectivity index (χ3n) is 4.70. The number of hydrogen-bond acceptors (Lipinski definition) is 5. The SMILES string of the molecule is CC(NC(=O)CSc1nnc(Cc2cccs2)n1C1CC1)c1ccc(Cl)cc1Cl. The predicted molar refractivity (Wildman–Crippen MR) is 119 cm³/mol. The minimum atomic E-state index is -0.205. The van der Waals surface area contributed by atoms with Crippen LogP contribution in [0.15, 0.2) is 40.9 Å². The first-order valence-corrected chi connectivity index (χ1v) is 12.0. The Labute approximate surface area is 187 Å². The second-order valence-corrected chi connectivity index (χ2v) is 9.82. The number of nitrogens with one attached hydrogen (secondary N) is 1. The van der Waals surface area contributed by atoms with Crippen LogP contribution in [0.2, 0.25) is 10.0 Å². The van der Waals surface area contributed by atoms with Gasteiger partial charge in [0.05, 0.1) is 11.8 Å². The Bertz CT molecular complexity index is 1000. The zero-order valence-electron chi connectivity index (χ0n) is 15.8. The third-order valence-corrected chi connectivity index (χ3v) is 7.08. The van der Waals surface area contributed by atoms with Crippen molar-refractivity contribution in [3.63, 3.8) is 0 Å². The number of benzene rings is 1. The summed E-state index contributed by atoms with van der Waals surface area (Å²) in [6.45, 7) is 1.91. The Morgan fingerprint density at radius 2 is 2.17 bits per heavy atom. The molecule has 0 radical (unpaired) electrons. The van der Waals surface area contributed by atoms with Gasteiger partial charge in [-0.2, -0.15) is 0 Å². The molecule has 1 N–H and O–H groups in total. The topological polar surface area (TPSA) is 59.8 Å². The van der Waals surface area contributed by atoms with Crippen LogP contribution in [0, 0.1) is 0 Å². The van der Waals surface area contributed by atoms with Crippen molar-refractivity contribution < 1.29 is 4.79 Å². The minimum Gasteiger partial charge on any atom is -0.349 e.